The van der Waals surface area contributed by atoms with Crippen molar-refractivity contribution in [1.82, 2.24) is 10.2 Å². The minimum Gasteiger partial charge on any atom is -0.378 e. The van der Waals surface area contributed by atoms with Crippen LogP contribution in [-0.4, -0.2) is 49.1 Å². The van der Waals surface area contributed by atoms with E-state index < -0.39 is 6.04 Å². The lowest BCUT2D eigenvalue weighted by Gasteiger charge is -2.32. The molecule has 2 rings (SSSR count). The van der Waals surface area contributed by atoms with Crippen LogP contribution in [0.25, 0.3) is 0 Å². The number of carbonyl (C=O) groups excluding carboxylic acids is 2. The van der Waals surface area contributed by atoms with Gasteiger partial charge in [-0.05, 0) is 18.1 Å². The average molecular weight is 325 g/mol. The van der Waals surface area contributed by atoms with Crippen LogP contribution in [0.3, 0.4) is 0 Å². The summed E-state index contributed by atoms with van der Waals surface area (Å²) >= 11 is 6.04. The van der Waals surface area contributed by atoms with E-state index in [1.54, 1.807) is 29.2 Å². The SMILES string of the molecule is CC(C)[C@H](NC(=O)c1ccccc1Cl)C(=O)N1CCOCC1. The van der Waals surface area contributed by atoms with E-state index in [0.29, 0.717) is 36.9 Å². The molecule has 6 heteroatoms. The quantitative estimate of drug-likeness (QED) is 0.921. The number of ether oxygens (including phenoxy) is 1. The van der Waals surface area contributed by atoms with Gasteiger partial charge in [-0.25, -0.2) is 0 Å². The number of halogens is 1. The minimum absolute atomic E-state index is 0.0122. The molecule has 0 radical (unpaired) electrons. The maximum Gasteiger partial charge on any atom is 0.253 e. The first kappa shape index (κ1) is 16.8. The number of carbonyl (C=O) groups is 2. The molecule has 1 aromatic carbocycles. The Kier molecular flexibility index (Phi) is 5.80. The van der Waals surface area contributed by atoms with E-state index >= 15 is 0 Å². The molecule has 0 aromatic heterocycles. The Morgan fingerprint density at radius 1 is 1.23 bits per heavy atom. The van der Waals surface area contributed by atoms with Crippen LogP contribution in [0.5, 0.6) is 0 Å². The predicted molar refractivity (Wildman–Crippen MR) is 84.9 cm³/mol. The number of nitrogens with one attached hydrogen (secondary N) is 1. The fourth-order valence-electron chi connectivity index (χ4n) is 2.36. The van der Waals surface area contributed by atoms with Crippen LogP contribution in [-0.2, 0) is 9.53 Å². The van der Waals surface area contributed by atoms with Crippen molar-refractivity contribution < 1.29 is 14.3 Å². The number of benzene rings is 1. The average Bonchev–Trinajstić information content (AvgIpc) is 2.52. The summed E-state index contributed by atoms with van der Waals surface area (Å²) in [5.74, 6) is -0.411. The molecule has 0 saturated carbocycles. The molecule has 0 unspecified atom stereocenters. The molecule has 1 aliphatic rings. The van der Waals surface area contributed by atoms with Crippen LogP contribution in [0.2, 0.25) is 5.02 Å². The maximum atomic E-state index is 12.6. The molecule has 1 heterocycles. The molecule has 1 fully saturated rings. The van der Waals surface area contributed by atoms with E-state index in [0.717, 1.165) is 0 Å². The summed E-state index contributed by atoms with van der Waals surface area (Å²) in [6.07, 6.45) is 0. The zero-order valence-electron chi connectivity index (χ0n) is 12.8. The van der Waals surface area contributed by atoms with Crippen LogP contribution in [0, 0.1) is 5.92 Å². The Labute approximate surface area is 135 Å². The highest BCUT2D eigenvalue weighted by Crippen LogP contribution is 2.16. The standard InChI is InChI=1S/C16H21ClN2O3/c1-11(2)14(16(21)19-7-9-22-10-8-19)18-15(20)12-5-3-4-6-13(12)17/h3-6,11,14H,7-10H2,1-2H3,(H,18,20)/t14-/m0/s1. The van der Waals surface area contributed by atoms with Crippen molar-refractivity contribution in [2.75, 3.05) is 26.3 Å². The lowest BCUT2D eigenvalue weighted by atomic mass is 10.0. The number of rotatable bonds is 4. The molecular weight excluding hydrogens is 304 g/mol. The van der Waals surface area contributed by atoms with Gasteiger partial charge in [0, 0.05) is 13.1 Å². The van der Waals surface area contributed by atoms with Gasteiger partial charge in [-0.1, -0.05) is 37.6 Å². The van der Waals surface area contributed by atoms with Gasteiger partial charge >= 0.3 is 0 Å². The highest BCUT2D eigenvalue weighted by molar-refractivity contribution is 6.33. The fraction of sp³-hybridized carbons (Fsp3) is 0.500. The first-order chi connectivity index (χ1) is 10.5. The Balaban J connectivity index is 2.10. The third kappa shape index (κ3) is 3.99. The molecule has 0 spiro atoms. The largest absolute Gasteiger partial charge is 0.378 e. The van der Waals surface area contributed by atoms with Gasteiger partial charge in [0.05, 0.1) is 23.8 Å². The normalized spacial score (nSPS) is 16.5. The topological polar surface area (TPSA) is 58.6 Å². The van der Waals surface area contributed by atoms with Crippen molar-refractivity contribution in [3.05, 3.63) is 34.9 Å². The zero-order chi connectivity index (χ0) is 16.1. The van der Waals surface area contributed by atoms with E-state index in [1.807, 2.05) is 13.8 Å². The third-order valence-electron chi connectivity index (χ3n) is 3.66. The second-order valence-corrected chi connectivity index (χ2v) is 6.02. The van der Waals surface area contributed by atoms with E-state index in [-0.39, 0.29) is 17.7 Å². The molecule has 1 N–H and O–H groups in total. The van der Waals surface area contributed by atoms with Gasteiger partial charge in [-0.3, -0.25) is 9.59 Å². The highest BCUT2D eigenvalue weighted by atomic mass is 35.5. The van der Waals surface area contributed by atoms with Crippen LogP contribution >= 0.6 is 11.6 Å². The van der Waals surface area contributed by atoms with Gasteiger partial charge in [0.2, 0.25) is 5.91 Å². The van der Waals surface area contributed by atoms with Crippen molar-refractivity contribution in [2.24, 2.45) is 5.92 Å². The van der Waals surface area contributed by atoms with Gasteiger partial charge in [-0.15, -0.1) is 0 Å². The van der Waals surface area contributed by atoms with E-state index in [9.17, 15) is 9.59 Å². The smallest absolute Gasteiger partial charge is 0.253 e. The molecule has 1 aliphatic heterocycles. The molecular formula is C16H21ClN2O3. The van der Waals surface area contributed by atoms with Crippen molar-refractivity contribution >= 4 is 23.4 Å². The maximum absolute atomic E-state index is 12.6. The van der Waals surface area contributed by atoms with Gasteiger partial charge in [0.25, 0.3) is 5.91 Å². The monoisotopic (exact) mass is 324 g/mol. The second-order valence-electron chi connectivity index (χ2n) is 5.61. The summed E-state index contributed by atoms with van der Waals surface area (Å²) in [6.45, 7) is 6.02. The van der Waals surface area contributed by atoms with Crippen LogP contribution in [0.15, 0.2) is 24.3 Å². The number of morpholine rings is 1. The van der Waals surface area contributed by atoms with Crippen LogP contribution in [0.1, 0.15) is 24.2 Å². The first-order valence-corrected chi connectivity index (χ1v) is 7.80. The highest BCUT2D eigenvalue weighted by Gasteiger charge is 2.30. The fourth-order valence-corrected chi connectivity index (χ4v) is 2.58. The third-order valence-corrected chi connectivity index (χ3v) is 3.99. The van der Waals surface area contributed by atoms with E-state index in [4.69, 9.17) is 16.3 Å². The van der Waals surface area contributed by atoms with Crippen LogP contribution in [0.4, 0.5) is 0 Å². The Bertz CT molecular complexity index is 542. The summed E-state index contributed by atoms with van der Waals surface area (Å²) in [6, 6.07) is 6.24. The van der Waals surface area contributed by atoms with Crippen molar-refractivity contribution in [1.29, 1.82) is 0 Å². The molecule has 1 aromatic rings. The van der Waals surface area contributed by atoms with Crippen LogP contribution < -0.4 is 5.32 Å². The predicted octanol–water partition coefficient (Wildman–Crippen LogP) is 1.95. The summed E-state index contributed by atoms with van der Waals surface area (Å²) < 4.78 is 5.26. The van der Waals surface area contributed by atoms with Gasteiger partial charge in [0.15, 0.2) is 0 Å². The van der Waals surface area contributed by atoms with Crippen molar-refractivity contribution in [3.63, 3.8) is 0 Å². The molecule has 0 aliphatic carbocycles. The Morgan fingerprint density at radius 3 is 2.45 bits per heavy atom. The van der Waals surface area contributed by atoms with Gasteiger partial charge in [-0.2, -0.15) is 0 Å². The first-order valence-electron chi connectivity index (χ1n) is 7.42. The summed E-state index contributed by atoms with van der Waals surface area (Å²) in [4.78, 5) is 26.7. The molecule has 1 atom stereocenters. The lowest BCUT2D eigenvalue weighted by Crippen LogP contribution is -2.53. The van der Waals surface area contributed by atoms with E-state index in [1.165, 1.54) is 0 Å². The molecule has 120 valence electrons. The molecule has 1 saturated heterocycles. The van der Waals surface area contributed by atoms with E-state index in [2.05, 4.69) is 5.32 Å². The second kappa shape index (κ2) is 7.61. The van der Waals surface area contributed by atoms with Crippen molar-refractivity contribution in [3.8, 4) is 0 Å². The molecule has 0 bridgehead atoms. The van der Waals surface area contributed by atoms with Gasteiger partial charge < -0.3 is 15.0 Å². The lowest BCUT2D eigenvalue weighted by molar-refractivity contribution is -0.138. The number of amides is 2. The number of hydrogen-bond donors (Lipinski definition) is 1. The molecule has 2 amide bonds. The summed E-state index contributed by atoms with van der Waals surface area (Å²) in [7, 11) is 0. The molecule has 5 nitrogen and oxygen atoms in total. The number of nitrogens with zero attached hydrogens (tertiary/aromatic N) is 1. The van der Waals surface area contributed by atoms with Crippen molar-refractivity contribution in [2.45, 2.75) is 19.9 Å². The molecule has 22 heavy (non-hydrogen) atoms. The van der Waals surface area contributed by atoms with Gasteiger partial charge in [0.1, 0.15) is 6.04 Å². The minimum atomic E-state index is -0.568. The number of hydrogen-bond acceptors (Lipinski definition) is 3. The summed E-state index contributed by atoms with van der Waals surface area (Å²) in [5.41, 5.74) is 0.379. The Morgan fingerprint density at radius 2 is 1.86 bits per heavy atom. The Hall–Kier alpha value is -1.59. The zero-order valence-corrected chi connectivity index (χ0v) is 13.6. The summed E-state index contributed by atoms with van der Waals surface area (Å²) in [5, 5.41) is 3.19.